The first-order chi connectivity index (χ1) is 19.8. The van der Waals surface area contributed by atoms with Gasteiger partial charge >= 0.3 is 11.9 Å². The van der Waals surface area contributed by atoms with Gasteiger partial charge in [-0.3, -0.25) is 14.5 Å². The van der Waals surface area contributed by atoms with Crippen LogP contribution in [0.25, 0.3) is 0 Å². The van der Waals surface area contributed by atoms with Crippen molar-refractivity contribution in [3.8, 4) is 0 Å². The number of rotatable bonds is 12. The molecule has 10 N–H and O–H groups in total. The SMILES string of the molecule is CC(C)(O/N=C(\C(=O)N[C@@H]1C(=O)N2C(C(=O)O)=C(C[n+]3cnc(N)c(NCCN)c3)CSC12)c1csc(N)n1)C(=O)O. The van der Waals surface area contributed by atoms with Crippen molar-refractivity contribution in [3.63, 3.8) is 0 Å². The predicted molar refractivity (Wildman–Crippen MR) is 152 cm³/mol. The van der Waals surface area contributed by atoms with Crippen LogP contribution in [0, 0.1) is 0 Å². The number of carbonyl (C=O) groups is 4. The molecule has 0 saturated carbocycles. The summed E-state index contributed by atoms with van der Waals surface area (Å²) >= 11 is 2.28. The number of carboxylic acid groups (broad SMARTS) is 2. The van der Waals surface area contributed by atoms with Gasteiger partial charge in [-0.05, 0) is 18.8 Å². The van der Waals surface area contributed by atoms with Crippen molar-refractivity contribution in [2.75, 3.05) is 35.6 Å². The van der Waals surface area contributed by atoms with Gasteiger partial charge in [0.2, 0.25) is 5.60 Å². The smallest absolute Gasteiger partial charge is 0.352 e. The third kappa shape index (κ3) is 6.21. The lowest BCUT2D eigenvalue weighted by Gasteiger charge is -2.49. The molecule has 2 aromatic heterocycles. The van der Waals surface area contributed by atoms with Crippen molar-refractivity contribution in [1.82, 2.24) is 20.2 Å². The number of nitrogens with two attached hydrogens (primary N) is 3. The Kier molecular flexibility index (Phi) is 8.83. The van der Waals surface area contributed by atoms with Crippen molar-refractivity contribution in [3.05, 3.63) is 34.9 Å². The monoisotopic (exact) mass is 621 g/mol. The number of carboxylic acids is 2. The van der Waals surface area contributed by atoms with Gasteiger partial charge in [-0.1, -0.05) is 5.16 Å². The van der Waals surface area contributed by atoms with E-state index in [0.29, 0.717) is 24.4 Å². The Morgan fingerprint density at radius 1 is 1.31 bits per heavy atom. The molecule has 4 heterocycles. The summed E-state index contributed by atoms with van der Waals surface area (Å²) in [6.45, 7) is 3.42. The Bertz CT molecular complexity index is 1490. The quantitative estimate of drug-likeness (QED) is 0.0608. The molecule has 0 aromatic carbocycles. The van der Waals surface area contributed by atoms with Crippen LogP contribution in [-0.4, -0.2) is 90.4 Å². The number of fused-ring (bicyclic) bond motifs is 1. The molecular formula is C23H29N10O7S2+. The molecule has 1 unspecified atom stereocenters. The van der Waals surface area contributed by atoms with Gasteiger partial charge in [0.25, 0.3) is 24.0 Å². The van der Waals surface area contributed by atoms with Crippen LogP contribution >= 0.6 is 23.1 Å². The predicted octanol–water partition coefficient (Wildman–Crippen LogP) is -1.62. The van der Waals surface area contributed by atoms with E-state index in [1.165, 1.54) is 37.3 Å². The fraction of sp³-hybridized carbons (Fsp3) is 0.391. The van der Waals surface area contributed by atoms with Crippen molar-refractivity contribution in [2.24, 2.45) is 10.9 Å². The minimum atomic E-state index is -1.77. The number of anilines is 3. The first-order valence-electron chi connectivity index (χ1n) is 12.3. The van der Waals surface area contributed by atoms with Crippen LogP contribution in [0.4, 0.5) is 16.6 Å². The normalized spacial score (nSPS) is 18.7. The fourth-order valence-electron chi connectivity index (χ4n) is 3.94. The molecule has 42 heavy (non-hydrogen) atoms. The van der Waals surface area contributed by atoms with Crippen LogP contribution in [0.2, 0.25) is 0 Å². The first-order valence-corrected chi connectivity index (χ1v) is 14.3. The van der Waals surface area contributed by atoms with E-state index in [1.54, 1.807) is 10.8 Å². The highest BCUT2D eigenvalue weighted by atomic mass is 32.2. The molecule has 2 aliphatic heterocycles. The van der Waals surface area contributed by atoms with Crippen LogP contribution in [0.1, 0.15) is 19.5 Å². The fourth-order valence-corrected chi connectivity index (χ4v) is 5.82. The van der Waals surface area contributed by atoms with Crippen LogP contribution in [0.3, 0.4) is 0 Å². The zero-order valence-electron chi connectivity index (χ0n) is 22.4. The summed E-state index contributed by atoms with van der Waals surface area (Å²) in [5.41, 5.74) is 15.7. The summed E-state index contributed by atoms with van der Waals surface area (Å²) in [5.74, 6) is -3.67. The Balaban J connectivity index is 1.54. The van der Waals surface area contributed by atoms with E-state index in [1.807, 2.05) is 0 Å². The summed E-state index contributed by atoms with van der Waals surface area (Å²) in [5, 5.41) is 29.5. The van der Waals surface area contributed by atoms with Crippen molar-refractivity contribution in [2.45, 2.75) is 37.4 Å². The van der Waals surface area contributed by atoms with Gasteiger partial charge in [0, 0.05) is 29.8 Å². The van der Waals surface area contributed by atoms with Gasteiger partial charge in [0.1, 0.15) is 41.2 Å². The topological polar surface area (TPSA) is 265 Å². The maximum Gasteiger partial charge on any atom is 0.352 e. The number of aliphatic carboxylic acids is 2. The standard InChI is InChI=1S/C23H28N10O7S2/c1-23(2,21(38)39)40-31-13(12-8-42-22(26)29-12)17(34)30-14-18(35)33-15(20(36)37)10(7-41-19(14)33)5-32-6-11(27-4-3-24)16(25)28-9-32/h6,8-9,14,19,25,27H,3-5,7,24H2,1-2H3,(H5,26,29,30,34,36,37,38,39)/p+1/b31-13-/t14-,19?/m1/s1. The van der Waals surface area contributed by atoms with Crippen molar-refractivity contribution < 1.29 is 38.8 Å². The number of nitrogen functional groups attached to an aromatic ring is 2. The highest BCUT2D eigenvalue weighted by molar-refractivity contribution is 8.00. The van der Waals surface area contributed by atoms with Gasteiger partial charge in [-0.15, -0.1) is 23.1 Å². The molecule has 2 atom stereocenters. The molecule has 0 radical (unpaired) electrons. The van der Waals surface area contributed by atoms with Crippen molar-refractivity contribution >= 4 is 69.2 Å². The van der Waals surface area contributed by atoms with Crippen LogP contribution in [-0.2, 0) is 30.6 Å². The summed E-state index contributed by atoms with van der Waals surface area (Å²) < 4.78 is 1.64. The largest absolute Gasteiger partial charge is 0.478 e. The van der Waals surface area contributed by atoms with Crippen LogP contribution < -0.4 is 32.4 Å². The number of hydrogen-bond donors (Lipinski definition) is 7. The highest BCUT2D eigenvalue weighted by Gasteiger charge is 2.54. The van der Waals surface area contributed by atoms with Crippen LogP contribution in [0.5, 0.6) is 0 Å². The zero-order chi connectivity index (χ0) is 30.8. The molecular weight excluding hydrogens is 592 g/mol. The number of thioether (sulfide) groups is 1. The summed E-state index contributed by atoms with van der Waals surface area (Å²) in [6, 6.07) is -1.09. The molecule has 4 rings (SSSR count). The Hall–Kier alpha value is -4.49. The molecule has 224 valence electrons. The molecule has 2 aromatic rings. The second-order valence-corrected chi connectivity index (χ2v) is 11.6. The van der Waals surface area contributed by atoms with Crippen LogP contribution in [0.15, 0.2) is 34.3 Å². The maximum atomic E-state index is 13.2. The molecule has 0 spiro atoms. The highest BCUT2D eigenvalue weighted by Crippen LogP contribution is 2.40. The lowest BCUT2D eigenvalue weighted by atomic mass is 10.0. The Morgan fingerprint density at radius 2 is 2.05 bits per heavy atom. The molecule has 19 heteroatoms. The lowest BCUT2D eigenvalue weighted by molar-refractivity contribution is -0.691. The average molecular weight is 622 g/mol. The van der Waals surface area contributed by atoms with Gasteiger partial charge < -0.3 is 42.9 Å². The van der Waals surface area contributed by atoms with E-state index in [4.69, 9.17) is 22.0 Å². The Labute approximate surface area is 246 Å². The lowest BCUT2D eigenvalue weighted by Crippen LogP contribution is -2.71. The number of amides is 2. The molecule has 17 nitrogen and oxygen atoms in total. The van der Waals surface area contributed by atoms with E-state index >= 15 is 0 Å². The summed E-state index contributed by atoms with van der Waals surface area (Å²) in [6.07, 6.45) is 3.12. The average Bonchev–Trinajstić information content (AvgIpc) is 3.37. The molecule has 0 bridgehead atoms. The third-order valence-corrected chi connectivity index (χ3v) is 8.16. The second-order valence-electron chi connectivity index (χ2n) is 9.60. The number of thiazole rings is 1. The van der Waals surface area contributed by atoms with Gasteiger partial charge in [0.05, 0.1) is 0 Å². The third-order valence-electron chi connectivity index (χ3n) is 6.15. The van der Waals surface area contributed by atoms with Gasteiger partial charge in [-0.25, -0.2) is 19.1 Å². The minimum Gasteiger partial charge on any atom is -0.478 e. The number of nitrogens with zero attached hydrogens (tertiary/aromatic N) is 5. The number of carbonyl (C=O) groups excluding carboxylic acids is 2. The van der Waals surface area contributed by atoms with Gasteiger partial charge in [-0.2, -0.15) is 0 Å². The van der Waals surface area contributed by atoms with E-state index < -0.39 is 46.5 Å². The molecule has 2 amide bonds. The number of hydrogen-bond acceptors (Lipinski definition) is 14. The summed E-state index contributed by atoms with van der Waals surface area (Å²) in [4.78, 5) is 64.5. The number of nitrogens with one attached hydrogen (secondary N) is 2. The van der Waals surface area contributed by atoms with E-state index in [9.17, 15) is 29.4 Å². The number of oxime groups is 1. The Morgan fingerprint density at radius 3 is 2.67 bits per heavy atom. The van der Waals surface area contributed by atoms with E-state index in [0.717, 1.165) is 16.2 Å². The molecule has 2 aliphatic rings. The minimum absolute atomic E-state index is 0.0129. The number of β-lactam (4-membered cyclic amide) rings is 1. The van der Waals surface area contributed by atoms with Gasteiger partial charge in [0.15, 0.2) is 10.8 Å². The molecule has 0 aliphatic carbocycles. The maximum absolute atomic E-state index is 13.2. The zero-order valence-corrected chi connectivity index (χ0v) is 24.1. The second kappa shape index (κ2) is 12.2. The molecule has 1 saturated heterocycles. The van der Waals surface area contributed by atoms with Crippen molar-refractivity contribution in [1.29, 1.82) is 0 Å². The number of aromatic nitrogens is 3. The summed E-state index contributed by atoms with van der Waals surface area (Å²) in [7, 11) is 0. The first kappa shape index (κ1) is 30.5. The van der Waals surface area contributed by atoms with E-state index in [2.05, 4.69) is 25.8 Å². The molecule has 1 fully saturated rings. The van der Waals surface area contributed by atoms with E-state index in [-0.39, 0.29) is 34.6 Å².